The van der Waals surface area contributed by atoms with E-state index in [1.165, 1.54) is 12.1 Å². The van der Waals surface area contributed by atoms with Gasteiger partial charge in [0.25, 0.3) is 0 Å². The fourth-order valence-corrected chi connectivity index (χ4v) is 2.56. The predicted octanol–water partition coefficient (Wildman–Crippen LogP) is 2.97. The van der Waals surface area contributed by atoms with Crippen LogP contribution in [0, 0.1) is 5.82 Å². The molecule has 5 heteroatoms. The Morgan fingerprint density at radius 2 is 2.05 bits per heavy atom. The van der Waals surface area contributed by atoms with Crippen molar-refractivity contribution in [1.29, 1.82) is 0 Å². The Balaban J connectivity index is 1.94. The Kier molecular flexibility index (Phi) is 5.40. The summed E-state index contributed by atoms with van der Waals surface area (Å²) in [6.07, 6.45) is 1.39. The van der Waals surface area contributed by atoms with Crippen LogP contribution in [0.25, 0.3) is 0 Å². The molecule has 1 amide bonds. The molecular formula is C17H25FN2O2. The first-order valence-corrected chi connectivity index (χ1v) is 7.80. The molecule has 1 heterocycles. The summed E-state index contributed by atoms with van der Waals surface area (Å²) < 4.78 is 18.4. The Hall–Kier alpha value is -1.62. The third kappa shape index (κ3) is 4.98. The zero-order valence-electron chi connectivity index (χ0n) is 13.6. The molecular weight excluding hydrogens is 283 g/mol. The van der Waals surface area contributed by atoms with Gasteiger partial charge in [0.2, 0.25) is 0 Å². The second kappa shape index (κ2) is 7.09. The van der Waals surface area contributed by atoms with Crippen LogP contribution in [0.5, 0.6) is 0 Å². The number of nitrogens with one attached hydrogen (secondary N) is 1. The standard InChI is InChI=1S/C17H25FN2O2/c1-17(2,3)22-16(21)20-11-10-19-12-15(20)9-6-13-4-7-14(18)8-5-13/h4-5,7-8,15,19H,6,9-12H2,1-3H3. The molecule has 0 aliphatic carbocycles. The van der Waals surface area contributed by atoms with Crippen LogP contribution in [0.2, 0.25) is 0 Å². The molecule has 1 saturated heterocycles. The first-order valence-electron chi connectivity index (χ1n) is 7.80. The summed E-state index contributed by atoms with van der Waals surface area (Å²) in [7, 11) is 0. The number of rotatable bonds is 3. The Morgan fingerprint density at radius 3 is 2.68 bits per heavy atom. The van der Waals surface area contributed by atoms with Crippen LogP contribution in [0.4, 0.5) is 9.18 Å². The molecule has 1 fully saturated rings. The monoisotopic (exact) mass is 308 g/mol. The highest BCUT2D eigenvalue weighted by Crippen LogP contribution is 2.17. The van der Waals surface area contributed by atoms with E-state index in [9.17, 15) is 9.18 Å². The highest BCUT2D eigenvalue weighted by Gasteiger charge is 2.29. The first-order chi connectivity index (χ1) is 10.3. The number of aryl methyl sites for hydroxylation is 1. The molecule has 1 aliphatic rings. The number of ether oxygens (including phenoxy) is 1. The van der Waals surface area contributed by atoms with Gasteiger partial charge in [-0.05, 0) is 51.3 Å². The molecule has 122 valence electrons. The van der Waals surface area contributed by atoms with Gasteiger partial charge in [-0.25, -0.2) is 9.18 Å². The van der Waals surface area contributed by atoms with Crippen molar-refractivity contribution < 1.29 is 13.9 Å². The first kappa shape index (κ1) is 16.7. The van der Waals surface area contributed by atoms with E-state index in [1.807, 2.05) is 25.7 Å². The summed E-state index contributed by atoms with van der Waals surface area (Å²) in [6, 6.07) is 6.64. The summed E-state index contributed by atoms with van der Waals surface area (Å²) in [4.78, 5) is 14.1. The van der Waals surface area contributed by atoms with Gasteiger partial charge >= 0.3 is 6.09 Å². The van der Waals surface area contributed by atoms with Gasteiger partial charge < -0.3 is 15.0 Å². The molecule has 22 heavy (non-hydrogen) atoms. The van der Waals surface area contributed by atoms with E-state index in [-0.39, 0.29) is 18.0 Å². The van der Waals surface area contributed by atoms with E-state index in [0.29, 0.717) is 6.54 Å². The molecule has 0 aromatic heterocycles. The van der Waals surface area contributed by atoms with Crippen LogP contribution in [0.3, 0.4) is 0 Å². The Morgan fingerprint density at radius 1 is 1.36 bits per heavy atom. The summed E-state index contributed by atoms with van der Waals surface area (Å²) in [5, 5.41) is 3.32. The highest BCUT2D eigenvalue weighted by molar-refractivity contribution is 5.68. The van der Waals surface area contributed by atoms with Gasteiger partial charge in [-0.15, -0.1) is 0 Å². The van der Waals surface area contributed by atoms with Crippen LogP contribution >= 0.6 is 0 Å². The number of benzene rings is 1. The van der Waals surface area contributed by atoms with E-state index in [4.69, 9.17) is 4.74 Å². The van der Waals surface area contributed by atoms with E-state index in [2.05, 4.69) is 5.32 Å². The molecule has 2 rings (SSSR count). The van der Waals surface area contributed by atoms with Gasteiger partial charge in [0.1, 0.15) is 11.4 Å². The fourth-order valence-electron chi connectivity index (χ4n) is 2.56. The average Bonchev–Trinajstić information content (AvgIpc) is 2.45. The number of amides is 1. The number of piperazine rings is 1. The number of halogens is 1. The molecule has 4 nitrogen and oxygen atoms in total. The molecule has 1 aromatic carbocycles. The third-order valence-corrected chi connectivity index (χ3v) is 3.66. The van der Waals surface area contributed by atoms with Gasteiger partial charge in [0.05, 0.1) is 0 Å². The van der Waals surface area contributed by atoms with Gasteiger partial charge in [-0.2, -0.15) is 0 Å². The van der Waals surface area contributed by atoms with Crippen molar-refractivity contribution in [2.24, 2.45) is 0 Å². The minimum atomic E-state index is -0.483. The normalized spacial score (nSPS) is 19.1. The molecule has 1 aliphatic heterocycles. The molecule has 0 bridgehead atoms. The largest absolute Gasteiger partial charge is 0.444 e. The zero-order chi connectivity index (χ0) is 16.2. The second-order valence-electron chi connectivity index (χ2n) is 6.70. The topological polar surface area (TPSA) is 41.6 Å². The van der Waals surface area contributed by atoms with E-state index < -0.39 is 5.60 Å². The quantitative estimate of drug-likeness (QED) is 0.933. The number of carbonyl (C=O) groups is 1. The van der Waals surface area contributed by atoms with Crippen molar-refractivity contribution in [3.8, 4) is 0 Å². The van der Waals surface area contributed by atoms with Crippen LogP contribution in [0.1, 0.15) is 32.8 Å². The Bertz CT molecular complexity index is 496. The molecule has 1 unspecified atom stereocenters. The van der Waals surface area contributed by atoms with E-state index in [1.54, 1.807) is 12.1 Å². The number of carbonyl (C=O) groups excluding carboxylic acids is 1. The van der Waals surface area contributed by atoms with Crippen LogP contribution in [-0.4, -0.2) is 42.3 Å². The number of hydrogen-bond donors (Lipinski definition) is 1. The lowest BCUT2D eigenvalue weighted by molar-refractivity contribution is 0.0112. The van der Waals surface area contributed by atoms with Crippen molar-refractivity contribution in [2.45, 2.75) is 45.3 Å². The summed E-state index contributed by atoms with van der Waals surface area (Å²) >= 11 is 0. The summed E-state index contributed by atoms with van der Waals surface area (Å²) in [6.45, 7) is 7.83. The molecule has 0 spiro atoms. The van der Waals surface area contributed by atoms with Crippen molar-refractivity contribution in [1.82, 2.24) is 10.2 Å². The van der Waals surface area contributed by atoms with Crippen LogP contribution in [0.15, 0.2) is 24.3 Å². The van der Waals surface area contributed by atoms with Crippen molar-refractivity contribution >= 4 is 6.09 Å². The van der Waals surface area contributed by atoms with Gasteiger partial charge in [-0.3, -0.25) is 0 Å². The SMILES string of the molecule is CC(C)(C)OC(=O)N1CCNCC1CCc1ccc(F)cc1. The maximum atomic E-state index is 12.9. The average molecular weight is 308 g/mol. The van der Waals surface area contributed by atoms with Crippen molar-refractivity contribution in [2.75, 3.05) is 19.6 Å². The van der Waals surface area contributed by atoms with Gasteiger partial charge in [0.15, 0.2) is 0 Å². The maximum Gasteiger partial charge on any atom is 0.410 e. The molecule has 1 atom stereocenters. The minimum absolute atomic E-state index is 0.105. The second-order valence-corrected chi connectivity index (χ2v) is 6.70. The number of hydrogen-bond acceptors (Lipinski definition) is 3. The Labute approximate surface area is 131 Å². The zero-order valence-corrected chi connectivity index (χ0v) is 13.6. The number of nitrogens with zero attached hydrogens (tertiary/aromatic N) is 1. The lowest BCUT2D eigenvalue weighted by atomic mass is 10.0. The molecule has 1 N–H and O–H groups in total. The smallest absolute Gasteiger partial charge is 0.410 e. The van der Waals surface area contributed by atoms with E-state index >= 15 is 0 Å². The van der Waals surface area contributed by atoms with Crippen LogP contribution in [-0.2, 0) is 11.2 Å². The molecule has 1 aromatic rings. The highest BCUT2D eigenvalue weighted by atomic mass is 19.1. The molecule has 0 radical (unpaired) electrons. The predicted molar refractivity (Wildman–Crippen MR) is 84.3 cm³/mol. The fraction of sp³-hybridized carbons (Fsp3) is 0.588. The van der Waals surface area contributed by atoms with E-state index in [0.717, 1.165) is 31.5 Å². The maximum absolute atomic E-state index is 12.9. The lowest BCUT2D eigenvalue weighted by Crippen LogP contribution is -2.54. The van der Waals surface area contributed by atoms with Crippen LogP contribution < -0.4 is 5.32 Å². The van der Waals surface area contributed by atoms with Crippen molar-refractivity contribution in [3.63, 3.8) is 0 Å². The van der Waals surface area contributed by atoms with Gasteiger partial charge in [-0.1, -0.05) is 12.1 Å². The van der Waals surface area contributed by atoms with Crippen molar-refractivity contribution in [3.05, 3.63) is 35.6 Å². The summed E-state index contributed by atoms with van der Waals surface area (Å²) in [5.74, 6) is -0.224. The summed E-state index contributed by atoms with van der Waals surface area (Å²) in [5.41, 5.74) is 0.597. The molecule has 0 saturated carbocycles. The third-order valence-electron chi connectivity index (χ3n) is 3.66. The lowest BCUT2D eigenvalue weighted by Gasteiger charge is -2.37. The van der Waals surface area contributed by atoms with Gasteiger partial charge in [0, 0.05) is 25.7 Å². The minimum Gasteiger partial charge on any atom is -0.444 e.